The van der Waals surface area contributed by atoms with Gasteiger partial charge in [-0.15, -0.1) is 0 Å². The Labute approximate surface area is 220 Å². The number of carbonyl (C=O) groups is 5. The van der Waals surface area contributed by atoms with Gasteiger partial charge in [-0.25, -0.2) is 0 Å². The first-order chi connectivity index (χ1) is 17.9. The van der Waals surface area contributed by atoms with E-state index in [0.717, 1.165) is 4.90 Å². The van der Waals surface area contributed by atoms with Crippen LogP contribution in [0.2, 0.25) is 0 Å². The van der Waals surface area contributed by atoms with Crippen molar-refractivity contribution in [1.29, 1.82) is 0 Å². The maximum atomic E-state index is 13.4. The maximum absolute atomic E-state index is 13.4. The highest BCUT2D eigenvalue weighted by atomic mass is 16.4. The molecule has 0 spiro atoms. The number of amides is 3. The van der Waals surface area contributed by atoms with Gasteiger partial charge in [0.05, 0.1) is 12.5 Å². The SMILES string of the molecule is CC(C)[C@H](N)C(=O)N(C(=O)CCc1ccc(O)cc1)[C@@H](CCCCN)C(=O)NC(CC(=O)O)C(=O)C=[N+]=[N-]. The first-order valence-electron chi connectivity index (χ1n) is 12.3. The van der Waals surface area contributed by atoms with Crippen molar-refractivity contribution in [1.82, 2.24) is 10.2 Å². The first-order valence-corrected chi connectivity index (χ1v) is 12.3. The van der Waals surface area contributed by atoms with E-state index in [4.69, 9.17) is 22.1 Å². The lowest BCUT2D eigenvalue weighted by Crippen LogP contribution is -2.59. The summed E-state index contributed by atoms with van der Waals surface area (Å²) in [6.07, 6.45) is 0.472. The molecule has 7 N–H and O–H groups in total. The fourth-order valence-corrected chi connectivity index (χ4v) is 3.60. The second-order valence-corrected chi connectivity index (χ2v) is 9.14. The van der Waals surface area contributed by atoms with E-state index in [9.17, 15) is 29.1 Å². The highest BCUT2D eigenvalue weighted by molar-refractivity contribution is 6.28. The Balaban J connectivity index is 3.38. The molecular formula is C25H36N6O7. The molecule has 1 rings (SSSR count). The Hall–Kier alpha value is -3.93. The monoisotopic (exact) mass is 532 g/mol. The van der Waals surface area contributed by atoms with Crippen LogP contribution in [0.3, 0.4) is 0 Å². The molecule has 1 unspecified atom stereocenters. The number of aromatic hydroxyl groups is 1. The van der Waals surface area contributed by atoms with E-state index >= 15 is 0 Å². The topological polar surface area (TPSA) is 230 Å². The van der Waals surface area contributed by atoms with E-state index in [1.54, 1.807) is 26.0 Å². The number of phenolic OH excluding ortho intramolecular Hbond substituents is 1. The van der Waals surface area contributed by atoms with Crippen molar-refractivity contribution < 1.29 is 39.0 Å². The molecule has 3 amide bonds. The van der Waals surface area contributed by atoms with Crippen LogP contribution in [-0.2, 0) is 30.4 Å². The number of benzene rings is 1. The number of carboxylic acids is 1. The van der Waals surface area contributed by atoms with Crippen LogP contribution in [-0.4, -0.2) is 80.3 Å². The van der Waals surface area contributed by atoms with Gasteiger partial charge in [-0.05, 0) is 55.8 Å². The molecule has 0 aliphatic carbocycles. The van der Waals surface area contributed by atoms with Crippen LogP contribution in [0.4, 0.5) is 0 Å². The van der Waals surface area contributed by atoms with Crippen LogP contribution in [0.15, 0.2) is 24.3 Å². The number of nitrogens with one attached hydrogen (secondary N) is 1. The van der Waals surface area contributed by atoms with Crippen molar-refractivity contribution in [3.8, 4) is 5.75 Å². The molecular weight excluding hydrogens is 496 g/mol. The van der Waals surface area contributed by atoms with Gasteiger partial charge in [-0.1, -0.05) is 26.0 Å². The molecule has 0 aromatic heterocycles. The number of aryl methyl sites for hydroxylation is 1. The molecule has 0 heterocycles. The van der Waals surface area contributed by atoms with Crippen molar-refractivity contribution in [3.05, 3.63) is 35.4 Å². The lowest BCUT2D eigenvalue weighted by atomic mass is 9.99. The molecule has 0 aliphatic rings. The van der Waals surface area contributed by atoms with Gasteiger partial charge in [-0.3, -0.25) is 28.9 Å². The number of nitrogens with two attached hydrogens (primary N) is 2. The van der Waals surface area contributed by atoms with Gasteiger partial charge in [0, 0.05) is 6.42 Å². The third-order valence-corrected chi connectivity index (χ3v) is 5.84. The molecule has 0 fully saturated rings. The number of rotatable bonds is 16. The third kappa shape index (κ3) is 10.2. The minimum atomic E-state index is -1.60. The molecule has 0 saturated carbocycles. The van der Waals surface area contributed by atoms with Gasteiger partial charge in [0.2, 0.25) is 17.7 Å². The van der Waals surface area contributed by atoms with Crippen LogP contribution < -0.4 is 16.8 Å². The zero-order valence-electron chi connectivity index (χ0n) is 21.6. The number of hydrogen-bond acceptors (Lipinski definition) is 8. The van der Waals surface area contributed by atoms with E-state index in [0.29, 0.717) is 24.6 Å². The minimum absolute atomic E-state index is 0.00733. The van der Waals surface area contributed by atoms with Crippen LogP contribution in [0.25, 0.3) is 5.53 Å². The summed E-state index contributed by atoms with van der Waals surface area (Å²) in [7, 11) is 0. The molecule has 38 heavy (non-hydrogen) atoms. The molecule has 13 heteroatoms. The average Bonchev–Trinajstić information content (AvgIpc) is 2.86. The quantitative estimate of drug-likeness (QED) is 0.0832. The van der Waals surface area contributed by atoms with E-state index in [1.807, 2.05) is 0 Å². The number of carbonyl (C=O) groups excluding carboxylic acids is 4. The Kier molecular flexibility index (Phi) is 13.5. The molecule has 1 aromatic rings. The number of aliphatic carboxylic acids is 1. The molecule has 3 atom stereocenters. The molecule has 0 aliphatic heterocycles. The number of phenols is 1. The van der Waals surface area contributed by atoms with Crippen LogP contribution in [0, 0.1) is 5.92 Å². The van der Waals surface area contributed by atoms with Gasteiger partial charge < -0.3 is 32.5 Å². The van der Waals surface area contributed by atoms with Crippen LogP contribution in [0.5, 0.6) is 5.75 Å². The zero-order valence-corrected chi connectivity index (χ0v) is 21.6. The second kappa shape index (κ2) is 16.0. The lowest BCUT2D eigenvalue weighted by Gasteiger charge is -2.33. The number of hydrogen-bond donors (Lipinski definition) is 5. The summed E-state index contributed by atoms with van der Waals surface area (Å²) in [4.78, 5) is 67.0. The van der Waals surface area contributed by atoms with Gasteiger partial charge >= 0.3 is 12.2 Å². The minimum Gasteiger partial charge on any atom is -0.508 e. The number of unbranched alkanes of at least 4 members (excludes halogenated alkanes) is 1. The Morgan fingerprint density at radius 2 is 1.76 bits per heavy atom. The van der Waals surface area contributed by atoms with Crippen LogP contribution in [0.1, 0.15) is 51.5 Å². The Bertz CT molecular complexity index is 1040. The summed E-state index contributed by atoms with van der Waals surface area (Å²) in [5, 5.41) is 20.9. The highest BCUT2D eigenvalue weighted by Crippen LogP contribution is 2.18. The summed E-state index contributed by atoms with van der Waals surface area (Å²) < 4.78 is 0. The third-order valence-electron chi connectivity index (χ3n) is 5.84. The average molecular weight is 533 g/mol. The Morgan fingerprint density at radius 3 is 2.29 bits per heavy atom. The number of nitrogens with zero attached hydrogens (tertiary/aromatic N) is 3. The molecule has 1 aromatic carbocycles. The lowest BCUT2D eigenvalue weighted by molar-refractivity contribution is -0.154. The number of imide groups is 1. The zero-order chi connectivity index (χ0) is 28.8. The van der Waals surface area contributed by atoms with Gasteiger partial charge in [-0.2, -0.15) is 4.79 Å². The fraction of sp³-hybridized carbons (Fsp3) is 0.520. The van der Waals surface area contributed by atoms with E-state index in [1.165, 1.54) is 12.1 Å². The predicted octanol–water partition coefficient (Wildman–Crippen LogP) is -0.00990. The summed E-state index contributed by atoms with van der Waals surface area (Å²) in [5.41, 5.74) is 21.0. The van der Waals surface area contributed by atoms with E-state index in [-0.39, 0.29) is 37.5 Å². The summed E-state index contributed by atoms with van der Waals surface area (Å²) >= 11 is 0. The van der Waals surface area contributed by atoms with Crippen molar-refractivity contribution >= 4 is 35.7 Å². The predicted molar refractivity (Wildman–Crippen MR) is 137 cm³/mol. The summed E-state index contributed by atoms with van der Waals surface area (Å²) in [6.45, 7) is 3.65. The van der Waals surface area contributed by atoms with Crippen molar-refractivity contribution in [2.75, 3.05) is 6.54 Å². The first kappa shape index (κ1) is 32.1. The summed E-state index contributed by atoms with van der Waals surface area (Å²) in [6, 6.07) is 2.02. The second-order valence-electron chi connectivity index (χ2n) is 9.14. The molecule has 13 nitrogen and oxygen atoms in total. The Morgan fingerprint density at radius 1 is 1.13 bits per heavy atom. The molecule has 0 radical (unpaired) electrons. The van der Waals surface area contributed by atoms with Gasteiger partial charge in [0.15, 0.2) is 0 Å². The smallest absolute Gasteiger partial charge is 0.325 e. The fourth-order valence-electron chi connectivity index (χ4n) is 3.60. The highest BCUT2D eigenvalue weighted by Gasteiger charge is 2.39. The van der Waals surface area contributed by atoms with Crippen molar-refractivity contribution in [2.24, 2.45) is 17.4 Å². The van der Waals surface area contributed by atoms with Gasteiger partial charge in [0.25, 0.3) is 5.78 Å². The number of carboxylic acid groups (broad SMARTS) is 1. The summed E-state index contributed by atoms with van der Waals surface area (Å²) in [5.74, 6) is -5.13. The number of ketones is 1. The number of Topliss-reactive ketones (excluding diaryl/α,β-unsaturated/α-hetero) is 1. The van der Waals surface area contributed by atoms with E-state index in [2.05, 4.69) is 10.1 Å². The molecule has 208 valence electrons. The maximum Gasteiger partial charge on any atom is 0.325 e. The van der Waals surface area contributed by atoms with Crippen LogP contribution >= 0.6 is 0 Å². The molecule has 0 bridgehead atoms. The normalized spacial score (nSPS) is 13.1. The largest absolute Gasteiger partial charge is 0.508 e. The van der Waals surface area contributed by atoms with Crippen molar-refractivity contribution in [2.45, 2.75) is 70.5 Å². The standard InChI is InChI=1S/C25H36N6O7/c1-15(2)23(27)25(38)31(21(34)11-8-16-6-9-17(32)10-7-16)19(5-3-4-12-26)24(37)30-18(13-22(35)36)20(33)14-29-28/h6-7,9-10,14-15,18-19,23,32H,3-5,8,11-13,26-27H2,1-2H3,(H,30,37)(H,35,36)/t18?,19-,23-/m0/s1. The van der Waals surface area contributed by atoms with Crippen molar-refractivity contribution in [3.63, 3.8) is 0 Å². The van der Waals surface area contributed by atoms with E-state index < -0.39 is 54.0 Å². The van der Waals surface area contributed by atoms with Gasteiger partial charge in [0.1, 0.15) is 17.8 Å². The molecule has 0 saturated heterocycles.